The van der Waals surface area contributed by atoms with Crippen LogP contribution in [-0.4, -0.2) is 102 Å². The number of piperidine rings is 1. The molecule has 20 heteroatoms. The maximum absolute atomic E-state index is 14.1. The molecule has 2 saturated heterocycles. The summed E-state index contributed by atoms with van der Waals surface area (Å²) in [4.78, 5) is 39.9. The molecule has 4 fully saturated rings. The lowest BCUT2D eigenvalue weighted by Crippen LogP contribution is -2.60. The number of aliphatic hydroxyl groups is 1. The van der Waals surface area contributed by atoms with E-state index in [0.717, 1.165) is 81.4 Å². The maximum Gasteiger partial charge on any atom is 0.416 e. The standard InChI is InChI=1S/C58H67F3N8O8S/c1-37(2)47-7-5-6-8-48(47)52-36-66(35-39-25-41(58(59,60)61)28-44(26-39)76-4)23-24-68(52)43-31-57(32-43)18-21-67(22-19-57)42-9-11-49(53(29-42)77-45-27-40-15-20-62-54(40)64-34-45)55(70)65-78(74,75)46-10-12-50(51(30-46)69(72)73)63-33-38-13-16-56(3,71)17-14-38/h5-12,15,20,25-30,34,37-38,43,52,63,71H,13-14,16-19,21-24,31-33,35-36H2,1-4H3,(H,62,64)(H,65,70). The third-order valence-electron chi connectivity index (χ3n) is 16.7. The fourth-order valence-corrected chi connectivity index (χ4v) is 13.2. The summed E-state index contributed by atoms with van der Waals surface area (Å²) in [6.45, 7) is 10.6. The molecule has 16 nitrogen and oxygen atoms in total. The van der Waals surface area contributed by atoms with Crippen molar-refractivity contribution in [3.05, 3.63) is 141 Å². The monoisotopic (exact) mass is 1090 g/mol. The Labute approximate surface area is 452 Å². The summed E-state index contributed by atoms with van der Waals surface area (Å²) < 4.78 is 83.3. The summed E-state index contributed by atoms with van der Waals surface area (Å²) in [6.07, 6.45) is 5.33. The zero-order valence-corrected chi connectivity index (χ0v) is 45.1. The van der Waals surface area contributed by atoms with Gasteiger partial charge < -0.3 is 29.8 Å². The number of H-pyrrole nitrogens is 1. The van der Waals surface area contributed by atoms with Gasteiger partial charge in [0.2, 0.25) is 0 Å². The van der Waals surface area contributed by atoms with Gasteiger partial charge in [0.1, 0.15) is 28.6 Å². The number of halogens is 3. The van der Waals surface area contributed by atoms with Crippen molar-refractivity contribution < 1.29 is 45.9 Å². The predicted octanol–water partition coefficient (Wildman–Crippen LogP) is 11.2. The van der Waals surface area contributed by atoms with Crippen molar-refractivity contribution in [3.63, 3.8) is 0 Å². The molecule has 1 amide bonds. The van der Waals surface area contributed by atoms with Crippen molar-refractivity contribution in [1.29, 1.82) is 0 Å². The number of carbonyl (C=O) groups excluding carboxylic acids is 1. The Hall–Kier alpha value is -6.74. The molecule has 4 aliphatic rings. The van der Waals surface area contributed by atoms with Gasteiger partial charge in [-0.3, -0.25) is 24.7 Å². The lowest BCUT2D eigenvalue weighted by Gasteiger charge is -2.58. The van der Waals surface area contributed by atoms with Crippen molar-refractivity contribution in [1.82, 2.24) is 24.5 Å². The number of rotatable bonds is 16. The number of alkyl halides is 3. The first-order chi connectivity index (χ1) is 37.1. The number of methoxy groups -OCH3 is 1. The van der Waals surface area contributed by atoms with E-state index in [1.807, 2.05) is 6.07 Å². The average molecular weight is 1090 g/mol. The molecule has 1 spiro atoms. The highest BCUT2D eigenvalue weighted by Gasteiger charge is 2.50. The minimum atomic E-state index is -4.63. The molecule has 1 unspecified atom stereocenters. The molecule has 1 atom stereocenters. The topological polar surface area (TPSA) is 195 Å². The number of aromatic nitrogens is 2. The van der Waals surface area contributed by atoms with E-state index >= 15 is 0 Å². The van der Waals surface area contributed by atoms with Gasteiger partial charge >= 0.3 is 6.18 Å². The first-order valence-electron chi connectivity index (χ1n) is 26.8. The molecule has 2 aliphatic carbocycles. The Morgan fingerprint density at radius 1 is 0.949 bits per heavy atom. The van der Waals surface area contributed by atoms with Crippen LogP contribution in [0.25, 0.3) is 11.0 Å². The van der Waals surface area contributed by atoms with Crippen LogP contribution >= 0.6 is 0 Å². The van der Waals surface area contributed by atoms with Crippen molar-refractivity contribution in [2.75, 3.05) is 56.6 Å². The van der Waals surface area contributed by atoms with E-state index in [9.17, 15) is 41.6 Å². The Morgan fingerprint density at radius 3 is 2.42 bits per heavy atom. The van der Waals surface area contributed by atoms with Gasteiger partial charge in [0.05, 0.1) is 39.9 Å². The molecule has 6 aromatic rings. The first-order valence-corrected chi connectivity index (χ1v) is 28.3. The molecule has 4 N–H and O–H groups in total. The number of hydrogen-bond acceptors (Lipinski definition) is 13. The summed E-state index contributed by atoms with van der Waals surface area (Å²) >= 11 is 0. The van der Waals surface area contributed by atoms with Crippen molar-refractivity contribution >= 4 is 44.0 Å². The van der Waals surface area contributed by atoms with E-state index in [4.69, 9.17) is 9.47 Å². The summed E-state index contributed by atoms with van der Waals surface area (Å²) in [6, 6.07) is 25.0. The van der Waals surface area contributed by atoms with Gasteiger partial charge in [-0.1, -0.05) is 38.1 Å². The zero-order valence-electron chi connectivity index (χ0n) is 44.3. The molecule has 414 valence electrons. The molecule has 10 rings (SSSR count). The molecule has 0 radical (unpaired) electrons. The number of nitro groups is 1. The molecule has 78 heavy (non-hydrogen) atoms. The maximum atomic E-state index is 14.1. The van der Waals surface area contributed by atoms with Crippen LogP contribution in [0.5, 0.6) is 17.2 Å². The Kier molecular flexibility index (Phi) is 15.3. The summed E-state index contributed by atoms with van der Waals surface area (Å²) in [7, 11) is -3.24. The van der Waals surface area contributed by atoms with E-state index in [1.165, 1.54) is 48.7 Å². The van der Waals surface area contributed by atoms with Gasteiger partial charge in [0, 0.05) is 87.3 Å². The predicted molar refractivity (Wildman–Crippen MR) is 292 cm³/mol. The Balaban J connectivity index is 0.834. The Bertz CT molecular complexity index is 3290. The number of hydrogen-bond donors (Lipinski definition) is 4. The zero-order chi connectivity index (χ0) is 55.1. The normalized spacial score (nSPS) is 21.4. The van der Waals surface area contributed by atoms with E-state index in [0.29, 0.717) is 62.0 Å². The van der Waals surface area contributed by atoms with Crippen LogP contribution in [0.4, 0.5) is 30.2 Å². The number of aromatic amines is 1. The molecule has 2 saturated carbocycles. The fraction of sp³-hybridized carbons (Fsp3) is 0.448. The number of amides is 1. The van der Waals surface area contributed by atoms with Crippen LogP contribution in [0.1, 0.15) is 117 Å². The molecular formula is C58H67F3N8O8S. The van der Waals surface area contributed by atoms with Gasteiger partial charge in [-0.15, -0.1) is 0 Å². The second kappa shape index (κ2) is 21.8. The molecular weight excluding hydrogens is 1030 g/mol. The fourth-order valence-electron chi connectivity index (χ4n) is 12.2. The third-order valence-corrected chi connectivity index (χ3v) is 18.0. The van der Waals surface area contributed by atoms with Crippen LogP contribution in [0.15, 0.2) is 108 Å². The second-order valence-corrected chi connectivity index (χ2v) is 24.1. The van der Waals surface area contributed by atoms with Crippen LogP contribution in [-0.2, 0) is 22.7 Å². The lowest BCUT2D eigenvalue weighted by atomic mass is 9.59. The molecule has 2 aromatic heterocycles. The smallest absolute Gasteiger partial charge is 0.416 e. The number of piperazine rings is 1. The number of fused-ring (bicyclic) bond motifs is 1. The van der Waals surface area contributed by atoms with Gasteiger partial charge in [-0.2, -0.15) is 13.2 Å². The van der Waals surface area contributed by atoms with Crippen LogP contribution < -0.4 is 24.4 Å². The Morgan fingerprint density at radius 2 is 1.71 bits per heavy atom. The molecule has 2 aliphatic heterocycles. The van der Waals surface area contributed by atoms with Gasteiger partial charge in [0.15, 0.2) is 0 Å². The van der Waals surface area contributed by atoms with E-state index in [-0.39, 0.29) is 46.0 Å². The summed E-state index contributed by atoms with van der Waals surface area (Å²) in [5.74, 6) is 0.0586. The van der Waals surface area contributed by atoms with Gasteiger partial charge in [-0.25, -0.2) is 18.1 Å². The van der Waals surface area contributed by atoms with Crippen molar-refractivity contribution in [3.8, 4) is 17.2 Å². The number of nitro benzene ring substituents is 1. The third kappa shape index (κ3) is 12.0. The van der Waals surface area contributed by atoms with Crippen LogP contribution in [0, 0.1) is 21.4 Å². The summed E-state index contributed by atoms with van der Waals surface area (Å²) in [5.41, 5.74) is 2.76. The van der Waals surface area contributed by atoms with Crippen LogP contribution in [0.2, 0.25) is 0 Å². The minimum absolute atomic E-state index is 0.0451. The number of pyridine rings is 1. The quantitative estimate of drug-likeness (QED) is 0.0528. The van der Waals surface area contributed by atoms with Crippen molar-refractivity contribution in [2.24, 2.45) is 11.3 Å². The molecule has 0 bridgehead atoms. The number of nitrogens with zero attached hydrogens (tertiary/aromatic N) is 5. The number of anilines is 2. The number of ether oxygens (including phenoxy) is 2. The van der Waals surface area contributed by atoms with Gasteiger partial charge in [0.25, 0.3) is 21.6 Å². The van der Waals surface area contributed by atoms with E-state index < -0.39 is 48.8 Å². The largest absolute Gasteiger partial charge is 0.497 e. The van der Waals surface area contributed by atoms with Crippen molar-refractivity contribution in [2.45, 2.75) is 113 Å². The molecule has 4 aromatic carbocycles. The summed E-state index contributed by atoms with van der Waals surface area (Å²) in [5, 5.41) is 26.5. The van der Waals surface area contributed by atoms with Gasteiger partial charge in [-0.05, 0) is 147 Å². The highest BCUT2D eigenvalue weighted by Crippen LogP contribution is 2.53. The lowest BCUT2D eigenvalue weighted by molar-refractivity contribution is -0.384. The molecule has 4 heterocycles. The van der Waals surface area contributed by atoms with E-state index in [1.54, 1.807) is 37.4 Å². The highest BCUT2D eigenvalue weighted by atomic mass is 32.2. The number of nitrogens with one attached hydrogen (secondary N) is 3. The average Bonchev–Trinajstić information content (AvgIpc) is 3.95. The number of carbonyl (C=O) groups is 1. The SMILES string of the molecule is COc1cc(CN2CCN(C3CC4(CCN(c5ccc(C(=O)NS(=O)(=O)c6ccc(NCC7CCC(C)(O)CC7)c([N+](=O)[O-])c6)c(Oc6cnc7[nH]ccc7c6)c5)CC4)C3)C(c3ccccc3C(C)C)C2)cc(C(F)(F)F)c1. The minimum Gasteiger partial charge on any atom is -0.497 e. The first kappa shape index (κ1) is 54.6. The second-order valence-electron chi connectivity index (χ2n) is 22.4. The number of benzene rings is 4. The highest BCUT2D eigenvalue weighted by molar-refractivity contribution is 7.90. The van der Waals surface area contributed by atoms with E-state index in [2.05, 4.69) is 72.8 Å². The van der Waals surface area contributed by atoms with Crippen LogP contribution in [0.3, 0.4) is 0 Å². The number of sulfonamides is 1.